The number of rotatable bonds is 3. The van der Waals surface area contributed by atoms with Crippen LogP contribution >= 0.6 is 11.6 Å². The molecular weight excluding hydrogens is 194 g/mol. The van der Waals surface area contributed by atoms with Crippen molar-refractivity contribution in [2.24, 2.45) is 5.92 Å². The molecular formula is C12H22ClN. The summed E-state index contributed by atoms with van der Waals surface area (Å²) in [5.41, 5.74) is 0. The lowest BCUT2D eigenvalue weighted by molar-refractivity contribution is 0.137. The predicted molar refractivity (Wildman–Crippen MR) is 61.9 cm³/mol. The Kier molecular flexibility index (Phi) is 3.73. The first-order chi connectivity index (χ1) is 6.75. The Morgan fingerprint density at radius 1 is 1.14 bits per heavy atom. The molecule has 0 aromatic heterocycles. The molecule has 0 bridgehead atoms. The van der Waals surface area contributed by atoms with Gasteiger partial charge in [0, 0.05) is 18.0 Å². The molecule has 0 aromatic carbocycles. The fourth-order valence-corrected chi connectivity index (χ4v) is 3.39. The second kappa shape index (κ2) is 4.85. The van der Waals surface area contributed by atoms with Gasteiger partial charge in [-0.05, 0) is 38.6 Å². The van der Waals surface area contributed by atoms with Crippen molar-refractivity contribution < 1.29 is 0 Å². The zero-order valence-electron chi connectivity index (χ0n) is 9.21. The summed E-state index contributed by atoms with van der Waals surface area (Å²) >= 11 is 5.99. The van der Waals surface area contributed by atoms with Gasteiger partial charge in [0.05, 0.1) is 0 Å². The molecule has 2 fully saturated rings. The van der Waals surface area contributed by atoms with Crippen LogP contribution in [0.1, 0.15) is 44.9 Å². The molecule has 2 aliphatic rings. The van der Waals surface area contributed by atoms with Crippen molar-refractivity contribution in [3.63, 3.8) is 0 Å². The van der Waals surface area contributed by atoms with Crippen LogP contribution in [0.3, 0.4) is 0 Å². The zero-order chi connectivity index (χ0) is 9.97. The number of alkyl halides is 1. The van der Waals surface area contributed by atoms with Crippen molar-refractivity contribution in [1.29, 1.82) is 0 Å². The van der Waals surface area contributed by atoms with E-state index >= 15 is 0 Å². The second-order valence-corrected chi connectivity index (χ2v) is 5.78. The minimum Gasteiger partial charge on any atom is -0.303 e. The summed E-state index contributed by atoms with van der Waals surface area (Å²) in [6.45, 7) is 1.29. The van der Waals surface area contributed by atoms with E-state index in [-0.39, 0.29) is 0 Å². The summed E-state index contributed by atoms with van der Waals surface area (Å²) in [7, 11) is 2.30. The van der Waals surface area contributed by atoms with Gasteiger partial charge in [-0.2, -0.15) is 0 Å². The van der Waals surface area contributed by atoms with E-state index in [9.17, 15) is 0 Å². The lowest BCUT2D eigenvalue weighted by atomic mass is 9.83. The maximum Gasteiger partial charge on any atom is 0.0342 e. The van der Waals surface area contributed by atoms with Crippen molar-refractivity contribution in [2.45, 2.75) is 56.4 Å². The summed E-state index contributed by atoms with van der Waals surface area (Å²) < 4.78 is 0. The van der Waals surface area contributed by atoms with Crippen molar-refractivity contribution in [1.82, 2.24) is 4.90 Å². The number of nitrogens with zero attached hydrogens (tertiary/aromatic N) is 1. The molecule has 0 heterocycles. The molecule has 0 unspecified atom stereocenters. The highest BCUT2D eigenvalue weighted by Crippen LogP contribution is 2.33. The molecule has 2 aliphatic carbocycles. The third kappa shape index (κ3) is 2.64. The highest BCUT2D eigenvalue weighted by molar-refractivity contribution is 6.21. The lowest BCUT2D eigenvalue weighted by Gasteiger charge is -2.38. The number of hydrogen-bond acceptors (Lipinski definition) is 1. The van der Waals surface area contributed by atoms with Crippen LogP contribution in [0.4, 0.5) is 0 Å². The number of halogens is 1. The molecule has 0 atom stereocenters. The van der Waals surface area contributed by atoms with Gasteiger partial charge < -0.3 is 4.90 Å². The van der Waals surface area contributed by atoms with E-state index in [4.69, 9.17) is 11.6 Å². The zero-order valence-corrected chi connectivity index (χ0v) is 9.97. The first-order valence-corrected chi connectivity index (χ1v) is 6.53. The van der Waals surface area contributed by atoms with Gasteiger partial charge in [-0.1, -0.05) is 19.3 Å². The summed E-state index contributed by atoms with van der Waals surface area (Å²) in [5.74, 6) is 0.893. The topological polar surface area (TPSA) is 3.24 Å². The lowest BCUT2D eigenvalue weighted by Crippen LogP contribution is -2.40. The minimum atomic E-state index is 0.486. The van der Waals surface area contributed by atoms with Crippen LogP contribution in [0, 0.1) is 5.92 Å². The van der Waals surface area contributed by atoms with Gasteiger partial charge in [0.2, 0.25) is 0 Å². The highest BCUT2D eigenvalue weighted by atomic mass is 35.5. The van der Waals surface area contributed by atoms with E-state index in [1.165, 1.54) is 51.5 Å². The fourth-order valence-electron chi connectivity index (χ4n) is 2.88. The van der Waals surface area contributed by atoms with Crippen LogP contribution in [0.15, 0.2) is 0 Å². The molecule has 2 saturated carbocycles. The molecule has 0 aliphatic heterocycles. The van der Waals surface area contributed by atoms with Crippen LogP contribution in [-0.4, -0.2) is 29.9 Å². The third-order valence-corrected chi connectivity index (χ3v) is 4.28. The van der Waals surface area contributed by atoms with Crippen molar-refractivity contribution in [3.05, 3.63) is 0 Å². The Morgan fingerprint density at radius 2 is 1.79 bits per heavy atom. The normalized spacial score (nSPS) is 34.5. The van der Waals surface area contributed by atoms with Gasteiger partial charge in [-0.3, -0.25) is 0 Å². The summed E-state index contributed by atoms with van der Waals surface area (Å²) in [6, 6.07) is 0.873. The van der Waals surface area contributed by atoms with Crippen molar-refractivity contribution >= 4 is 11.6 Å². The number of hydrogen-bond donors (Lipinski definition) is 0. The SMILES string of the molecule is CN(CC1CC(Cl)C1)C1CCCCC1. The van der Waals surface area contributed by atoms with E-state index in [0.29, 0.717) is 5.38 Å². The van der Waals surface area contributed by atoms with Crippen LogP contribution < -0.4 is 0 Å². The van der Waals surface area contributed by atoms with E-state index < -0.39 is 0 Å². The fraction of sp³-hybridized carbons (Fsp3) is 1.00. The third-order valence-electron chi connectivity index (χ3n) is 3.92. The maximum absolute atomic E-state index is 5.99. The average Bonchev–Trinajstić information content (AvgIpc) is 2.17. The van der Waals surface area contributed by atoms with E-state index in [1.807, 2.05) is 0 Å². The molecule has 0 spiro atoms. The molecule has 82 valence electrons. The predicted octanol–water partition coefficient (Wildman–Crippen LogP) is 3.27. The molecule has 14 heavy (non-hydrogen) atoms. The molecule has 0 N–H and O–H groups in total. The van der Waals surface area contributed by atoms with E-state index in [0.717, 1.165) is 12.0 Å². The van der Waals surface area contributed by atoms with E-state index in [2.05, 4.69) is 11.9 Å². The van der Waals surface area contributed by atoms with Gasteiger partial charge >= 0.3 is 0 Å². The van der Waals surface area contributed by atoms with Crippen molar-refractivity contribution in [3.8, 4) is 0 Å². The molecule has 0 saturated heterocycles. The molecule has 2 heteroatoms. The average molecular weight is 216 g/mol. The first-order valence-electron chi connectivity index (χ1n) is 6.10. The Bertz CT molecular complexity index is 171. The Hall–Kier alpha value is 0.250. The van der Waals surface area contributed by atoms with Gasteiger partial charge in [-0.25, -0.2) is 0 Å². The van der Waals surface area contributed by atoms with Crippen LogP contribution in [0.25, 0.3) is 0 Å². The van der Waals surface area contributed by atoms with Crippen LogP contribution in [0.2, 0.25) is 0 Å². The van der Waals surface area contributed by atoms with E-state index in [1.54, 1.807) is 0 Å². The van der Waals surface area contributed by atoms with Gasteiger partial charge in [0.1, 0.15) is 0 Å². The standard InChI is InChI=1S/C12H22ClN/c1-14(9-10-7-11(13)8-10)12-5-3-2-4-6-12/h10-12H,2-9H2,1H3. The molecule has 2 rings (SSSR count). The van der Waals surface area contributed by atoms with Crippen LogP contribution in [-0.2, 0) is 0 Å². The maximum atomic E-state index is 5.99. The summed E-state index contributed by atoms with van der Waals surface area (Å²) in [4.78, 5) is 2.59. The smallest absolute Gasteiger partial charge is 0.0342 e. The quantitative estimate of drug-likeness (QED) is 0.654. The Morgan fingerprint density at radius 3 is 2.36 bits per heavy atom. The van der Waals surface area contributed by atoms with Crippen molar-refractivity contribution in [2.75, 3.05) is 13.6 Å². The molecule has 1 nitrogen and oxygen atoms in total. The molecule has 0 amide bonds. The van der Waals surface area contributed by atoms with Crippen LogP contribution in [0.5, 0.6) is 0 Å². The monoisotopic (exact) mass is 215 g/mol. The molecule has 0 radical (unpaired) electrons. The molecule has 0 aromatic rings. The minimum absolute atomic E-state index is 0.486. The van der Waals surface area contributed by atoms with Gasteiger partial charge in [0.15, 0.2) is 0 Å². The second-order valence-electron chi connectivity index (χ2n) is 5.17. The van der Waals surface area contributed by atoms with Gasteiger partial charge in [0.25, 0.3) is 0 Å². The highest BCUT2D eigenvalue weighted by Gasteiger charge is 2.29. The summed E-state index contributed by atoms with van der Waals surface area (Å²) in [6.07, 6.45) is 9.69. The first kappa shape index (κ1) is 10.8. The Balaban J connectivity index is 1.69. The summed E-state index contributed by atoms with van der Waals surface area (Å²) in [5, 5.41) is 0.486. The Labute approximate surface area is 92.8 Å². The van der Waals surface area contributed by atoms with Gasteiger partial charge in [-0.15, -0.1) is 11.6 Å². The largest absolute Gasteiger partial charge is 0.303 e.